The minimum absolute atomic E-state index is 0. The van der Waals surface area contributed by atoms with Crippen molar-refractivity contribution in [1.82, 2.24) is 0 Å². The molecule has 0 amide bonds. The van der Waals surface area contributed by atoms with Crippen molar-refractivity contribution in [2.75, 3.05) is 28.4 Å². The van der Waals surface area contributed by atoms with Gasteiger partial charge in [0.2, 0.25) is 0 Å². The fourth-order valence-electron chi connectivity index (χ4n) is 4.72. The van der Waals surface area contributed by atoms with E-state index in [9.17, 15) is 0 Å². The molecule has 0 N–H and O–H groups in total. The molecule has 0 heterocycles. The zero-order chi connectivity index (χ0) is 23.7. The molecule has 0 fully saturated rings. The molecule has 37 heavy (non-hydrogen) atoms. The molecule has 0 aromatic heterocycles. The molecule has 7 heteroatoms. The van der Waals surface area contributed by atoms with Crippen LogP contribution in [-0.4, -0.2) is 28.4 Å². The number of hydrogen-bond acceptors (Lipinski definition) is 4. The van der Waals surface area contributed by atoms with Crippen LogP contribution in [0.3, 0.4) is 0 Å². The van der Waals surface area contributed by atoms with Crippen LogP contribution in [0.2, 0.25) is 0 Å². The van der Waals surface area contributed by atoms with E-state index >= 15 is 0 Å². The topological polar surface area (TPSA) is 36.9 Å². The molecule has 188 valence electrons. The fourth-order valence-corrected chi connectivity index (χ4v) is 4.72. The molecule has 4 aromatic rings. The van der Waals surface area contributed by atoms with Crippen LogP contribution in [0.5, 0.6) is 23.0 Å². The fraction of sp³-hybridized carbons (Fsp3) is 0.200. The summed E-state index contributed by atoms with van der Waals surface area (Å²) in [6, 6.07) is 27.5. The molecule has 0 saturated heterocycles. The Kier molecular flexibility index (Phi) is 10.3. The van der Waals surface area contributed by atoms with Crippen molar-refractivity contribution in [3.63, 3.8) is 0 Å². The van der Waals surface area contributed by atoms with Gasteiger partial charge in [-0.1, -0.05) is 70.8 Å². The van der Waals surface area contributed by atoms with Crippen molar-refractivity contribution >= 4 is 0 Å². The van der Waals surface area contributed by atoms with Gasteiger partial charge in [0.05, 0.1) is 28.4 Å². The Labute approximate surface area is 231 Å². The van der Waals surface area contributed by atoms with E-state index in [4.69, 9.17) is 18.9 Å². The monoisotopic (exact) mass is 536 g/mol. The molecule has 0 radical (unpaired) electrons. The van der Waals surface area contributed by atoms with Gasteiger partial charge in [-0.05, 0) is 12.8 Å². The predicted octanol–water partition coefficient (Wildman–Crippen LogP) is 0.156. The van der Waals surface area contributed by atoms with Gasteiger partial charge in [0.25, 0.3) is 0 Å². The zero-order valence-corrected chi connectivity index (χ0v) is 22.6. The summed E-state index contributed by atoms with van der Waals surface area (Å²) < 4.78 is 21.2. The number of methoxy groups -OCH3 is 4. The van der Waals surface area contributed by atoms with Crippen molar-refractivity contribution in [3.8, 4) is 45.3 Å². The smallest absolute Gasteiger partial charge is 1.00 e. The summed E-state index contributed by atoms with van der Waals surface area (Å²) in [6.07, 6.45) is 1.84. The minimum atomic E-state index is 0. The molecule has 6 rings (SSSR count). The van der Waals surface area contributed by atoms with Gasteiger partial charge in [0, 0.05) is 23.0 Å². The molecule has 0 atom stereocenters. The molecule has 4 nitrogen and oxygen atoms in total. The third-order valence-electron chi connectivity index (χ3n) is 6.38. The summed E-state index contributed by atoms with van der Waals surface area (Å²) in [5, 5.41) is 0. The zero-order valence-electron chi connectivity index (χ0n) is 21.1. The Hall–Kier alpha value is -3.35. The van der Waals surface area contributed by atoms with E-state index in [0.717, 1.165) is 24.3 Å². The molecule has 4 aromatic carbocycles. The van der Waals surface area contributed by atoms with Crippen LogP contribution < -0.4 is 28.4 Å². The average molecular weight is 536 g/mol. The summed E-state index contributed by atoms with van der Waals surface area (Å²) in [5.41, 5.74) is 10.0. The van der Waals surface area contributed by atoms with Gasteiger partial charge in [0.1, 0.15) is 0 Å². The van der Waals surface area contributed by atoms with Crippen LogP contribution in [0, 0.1) is 12.1 Å². The molecule has 0 unspecified atom stereocenters. The number of benzene rings is 4. The first-order valence-corrected chi connectivity index (χ1v) is 11.2. The van der Waals surface area contributed by atoms with Gasteiger partial charge in [-0.2, -0.15) is 0 Å². The van der Waals surface area contributed by atoms with Crippen LogP contribution in [0.25, 0.3) is 22.3 Å². The normalized spacial score (nSPS) is 10.9. The first kappa shape index (κ1) is 29.9. The molecular formula is C30H26F2O4Ti. The van der Waals surface area contributed by atoms with Crippen LogP contribution in [0.1, 0.15) is 22.3 Å². The number of rotatable bonds is 4. The number of fused-ring (bicyclic) bond motifs is 6. The second-order valence-electron chi connectivity index (χ2n) is 8.19. The Bertz CT molecular complexity index is 1270. The summed E-state index contributed by atoms with van der Waals surface area (Å²) >= 11 is 0. The molecule has 0 spiro atoms. The Morgan fingerprint density at radius 2 is 0.919 bits per heavy atom. The summed E-state index contributed by atoms with van der Waals surface area (Å²) in [5.74, 6) is 2.84. The van der Waals surface area contributed by atoms with E-state index in [1.54, 1.807) is 28.4 Å². The maximum absolute atomic E-state index is 5.32. The molecule has 0 aliphatic heterocycles. The van der Waals surface area contributed by atoms with Gasteiger partial charge >= 0.3 is 21.7 Å². The molecule has 0 saturated carbocycles. The summed E-state index contributed by atoms with van der Waals surface area (Å²) in [4.78, 5) is 0. The number of ether oxygens (including phenoxy) is 4. The van der Waals surface area contributed by atoms with Gasteiger partial charge in [-0.15, -0.1) is 46.5 Å². The van der Waals surface area contributed by atoms with E-state index in [1.807, 2.05) is 12.1 Å². The van der Waals surface area contributed by atoms with E-state index in [1.165, 1.54) is 44.5 Å². The van der Waals surface area contributed by atoms with Crippen LogP contribution in [-0.2, 0) is 34.6 Å². The van der Waals surface area contributed by atoms with Gasteiger partial charge in [0.15, 0.2) is 0 Å². The van der Waals surface area contributed by atoms with Crippen LogP contribution in [0.4, 0.5) is 0 Å². The van der Waals surface area contributed by atoms with E-state index in [2.05, 4.69) is 60.7 Å². The van der Waals surface area contributed by atoms with Crippen molar-refractivity contribution < 1.29 is 50.1 Å². The van der Waals surface area contributed by atoms with E-state index < -0.39 is 0 Å². The third-order valence-corrected chi connectivity index (χ3v) is 6.38. The van der Waals surface area contributed by atoms with Gasteiger partial charge < -0.3 is 28.4 Å². The first-order valence-electron chi connectivity index (χ1n) is 11.2. The SMILES string of the molecule is COc1[c-]c2c(cc1OC)-c1ccccc1C2.COc1[c-]c2c(cc1OC)-c1ccccc1C2.[F-].[F-].[Ti+4]. The predicted molar refractivity (Wildman–Crippen MR) is 133 cm³/mol. The number of hydrogen-bond donors (Lipinski definition) is 0. The molecule has 2 aliphatic rings. The van der Waals surface area contributed by atoms with Crippen LogP contribution >= 0.6 is 0 Å². The quantitative estimate of drug-likeness (QED) is 0.238. The summed E-state index contributed by atoms with van der Waals surface area (Å²) in [6.45, 7) is 0. The van der Waals surface area contributed by atoms with E-state index in [-0.39, 0.29) is 31.1 Å². The van der Waals surface area contributed by atoms with Crippen LogP contribution in [0.15, 0.2) is 60.7 Å². The van der Waals surface area contributed by atoms with E-state index in [0.29, 0.717) is 11.5 Å². The van der Waals surface area contributed by atoms with Crippen molar-refractivity contribution in [2.24, 2.45) is 0 Å². The van der Waals surface area contributed by atoms with Crippen molar-refractivity contribution in [1.29, 1.82) is 0 Å². The Morgan fingerprint density at radius 3 is 1.27 bits per heavy atom. The van der Waals surface area contributed by atoms with Gasteiger partial charge in [-0.3, -0.25) is 0 Å². The average Bonchev–Trinajstić information content (AvgIpc) is 3.44. The maximum atomic E-state index is 5.32. The number of halogens is 2. The molecule has 0 bridgehead atoms. The minimum Gasteiger partial charge on any atom is -1.00 e. The first-order chi connectivity index (χ1) is 16.7. The summed E-state index contributed by atoms with van der Waals surface area (Å²) in [7, 11) is 6.59. The Morgan fingerprint density at radius 1 is 0.541 bits per heavy atom. The standard InChI is InChI=1S/2C15H13O2.2FH.Ti/c2*1-16-14-8-11-7-10-5-3-4-6-12(10)13(11)9-15(14)17-2;;;/h2*3-6,9H,7H2,1-2H3;2*1H;/q2*-1;;;+4/p-2. The second kappa shape index (κ2) is 12.8. The Balaban J connectivity index is 0.000000241. The van der Waals surface area contributed by atoms with Gasteiger partial charge in [-0.25, -0.2) is 0 Å². The largest absolute Gasteiger partial charge is 4.00 e. The van der Waals surface area contributed by atoms with Crippen molar-refractivity contribution in [3.05, 3.63) is 95.1 Å². The molecule has 2 aliphatic carbocycles. The molecular weight excluding hydrogens is 510 g/mol. The second-order valence-corrected chi connectivity index (χ2v) is 8.19. The third kappa shape index (κ3) is 5.51. The maximum Gasteiger partial charge on any atom is 4.00 e. The van der Waals surface area contributed by atoms with Crippen molar-refractivity contribution in [2.45, 2.75) is 12.8 Å².